The van der Waals surface area contributed by atoms with Gasteiger partial charge in [0.1, 0.15) is 13.2 Å². The maximum absolute atomic E-state index is 12.2. The van der Waals surface area contributed by atoms with Gasteiger partial charge in [-0.2, -0.15) is 0 Å². The lowest BCUT2D eigenvalue weighted by Gasteiger charge is -2.18. The Bertz CT molecular complexity index is 718. The Morgan fingerprint density at radius 1 is 1.17 bits per heavy atom. The average molecular weight is 330 g/mol. The molecule has 0 unspecified atom stereocenters. The van der Waals surface area contributed by atoms with E-state index in [1.54, 1.807) is 11.3 Å². The van der Waals surface area contributed by atoms with Gasteiger partial charge in [0.2, 0.25) is 5.91 Å². The number of amides is 1. The van der Waals surface area contributed by atoms with Gasteiger partial charge in [0.25, 0.3) is 0 Å². The summed E-state index contributed by atoms with van der Waals surface area (Å²) < 4.78 is 11.0. The number of aryl methyl sites for hydroxylation is 2. The normalized spacial score (nSPS) is 15.8. The Morgan fingerprint density at radius 2 is 2.00 bits per heavy atom. The van der Waals surface area contributed by atoms with E-state index in [2.05, 4.69) is 10.3 Å². The van der Waals surface area contributed by atoms with E-state index in [4.69, 9.17) is 9.47 Å². The van der Waals surface area contributed by atoms with Gasteiger partial charge in [-0.05, 0) is 43.4 Å². The Balaban J connectivity index is 1.42. The maximum Gasteiger partial charge on any atom is 0.230 e. The first-order chi connectivity index (χ1) is 11.3. The fraction of sp³-hybridized carbons (Fsp3) is 0.412. The molecule has 1 aliphatic carbocycles. The van der Waals surface area contributed by atoms with Crippen LogP contribution < -0.4 is 14.8 Å². The molecule has 1 N–H and O–H groups in total. The van der Waals surface area contributed by atoms with Crippen molar-refractivity contribution in [2.24, 2.45) is 0 Å². The first-order valence-corrected chi connectivity index (χ1v) is 8.76. The molecule has 1 aromatic carbocycles. The van der Waals surface area contributed by atoms with Crippen LogP contribution in [0, 0.1) is 0 Å². The molecule has 0 spiro atoms. The highest BCUT2D eigenvalue weighted by atomic mass is 32.1. The molecule has 0 saturated carbocycles. The van der Waals surface area contributed by atoms with E-state index in [1.807, 2.05) is 18.2 Å². The van der Waals surface area contributed by atoms with Gasteiger partial charge in [0.15, 0.2) is 16.6 Å². The molecule has 6 heteroatoms. The molecule has 0 bridgehead atoms. The Labute approximate surface area is 138 Å². The molecule has 5 nitrogen and oxygen atoms in total. The van der Waals surface area contributed by atoms with Gasteiger partial charge in [-0.1, -0.05) is 6.07 Å². The zero-order chi connectivity index (χ0) is 15.6. The minimum atomic E-state index is -0.0484. The molecule has 23 heavy (non-hydrogen) atoms. The van der Waals surface area contributed by atoms with Crippen molar-refractivity contribution in [3.8, 4) is 11.5 Å². The lowest BCUT2D eigenvalue weighted by atomic mass is 10.0. The largest absolute Gasteiger partial charge is 0.486 e. The number of fused-ring (bicyclic) bond motifs is 2. The van der Waals surface area contributed by atoms with E-state index in [9.17, 15) is 4.79 Å². The first kappa shape index (κ1) is 14.5. The number of benzene rings is 1. The maximum atomic E-state index is 12.2. The molecule has 2 heterocycles. The minimum Gasteiger partial charge on any atom is -0.486 e. The van der Waals surface area contributed by atoms with Crippen LogP contribution in [0.4, 0.5) is 5.13 Å². The van der Waals surface area contributed by atoms with Crippen LogP contribution in [0.1, 0.15) is 29.0 Å². The van der Waals surface area contributed by atoms with Crippen molar-refractivity contribution >= 4 is 22.4 Å². The Morgan fingerprint density at radius 3 is 2.87 bits per heavy atom. The number of rotatable bonds is 3. The minimum absolute atomic E-state index is 0.0484. The van der Waals surface area contributed by atoms with Gasteiger partial charge < -0.3 is 14.8 Å². The van der Waals surface area contributed by atoms with Crippen molar-refractivity contribution < 1.29 is 14.3 Å². The molecule has 1 aliphatic heterocycles. The lowest BCUT2D eigenvalue weighted by molar-refractivity contribution is -0.115. The summed E-state index contributed by atoms with van der Waals surface area (Å²) in [5, 5.41) is 3.65. The molecule has 120 valence electrons. The van der Waals surface area contributed by atoms with E-state index in [1.165, 1.54) is 17.7 Å². The van der Waals surface area contributed by atoms with Crippen molar-refractivity contribution in [2.45, 2.75) is 32.1 Å². The van der Waals surface area contributed by atoms with Crippen LogP contribution >= 0.6 is 11.3 Å². The summed E-state index contributed by atoms with van der Waals surface area (Å²) in [7, 11) is 0. The zero-order valence-electron chi connectivity index (χ0n) is 12.8. The second-order valence-corrected chi connectivity index (χ2v) is 6.88. The number of nitrogens with one attached hydrogen (secondary N) is 1. The van der Waals surface area contributed by atoms with Gasteiger partial charge in [0.05, 0.1) is 12.1 Å². The average Bonchev–Trinajstić information content (AvgIpc) is 2.96. The zero-order valence-corrected chi connectivity index (χ0v) is 13.6. The third kappa shape index (κ3) is 3.17. The highest BCUT2D eigenvalue weighted by Gasteiger charge is 2.17. The summed E-state index contributed by atoms with van der Waals surface area (Å²) in [5.74, 6) is 1.41. The van der Waals surface area contributed by atoms with Crippen LogP contribution in [-0.2, 0) is 24.1 Å². The molecule has 2 aliphatic rings. The van der Waals surface area contributed by atoms with Crippen LogP contribution in [0.2, 0.25) is 0 Å². The molecule has 1 aromatic heterocycles. The molecule has 0 saturated heterocycles. The predicted octanol–water partition coefficient (Wildman–Crippen LogP) is 2.97. The predicted molar refractivity (Wildman–Crippen MR) is 88.5 cm³/mol. The molecule has 2 aromatic rings. The van der Waals surface area contributed by atoms with E-state index in [0.717, 1.165) is 35.0 Å². The number of anilines is 1. The monoisotopic (exact) mass is 330 g/mol. The summed E-state index contributed by atoms with van der Waals surface area (Å²) in [6.07, 6.45) is 4.84. The Hall–Kier alpha value is -2.08. The quantitative estimate of drug-likeness (QED) is 0.940. The van der Waals surface area contributed by atoms with Crippen molar-refractivity contribution in [1.29, 1.82) is 0 Å². The van der Waals surface area contributed by atoms with Gasteiger partial charge in [0, 0.05) is 4.88 Å². The van der Waals surface area contributed by atoms with Gasteiger partial charge >= 0.3 is 0 Å². The van der Waals surface area contributed by atoms with E-state index in [0.29, 0.717) is 25.4 Å². The molecule has 0 fully saturated rings. The summed E-state index contributed by atoms with van der Waals surface area (Å²) >= 11 is 1.61. The topological polar surface area (TPSA) is 60.5 Å². The molecule has 4 rings (SSSR count). The third-order valence-electron chi connectivity index (χ3n) is 4.06. The molecular formula is C17H18N2O3S. The number of nitrogens with zero attached hydrogens (tertiary/aromatic N) is 1. The molecular weight excluding hydrogens is 312 g/mol. The van der Waals surface area contributed by atoms with E-state index >= 15 is 0 Å². The number of aromatic nitrogens is 1. The summed E-state index contributed by atoms with van der Waals surface area (Å²) in [6.45, 7) is 1.12. The number of carbonyl (C=O) groups excluding carboxylic acids is 1. The number of hydrogen-bond acceptors (Lipinski definition) is 5. The number of carbonyl (C=O) groups is 1. The second kappa shape index (κ2) is 6.20. The molecule has 0 radical (unpaired) electrons. The van der Waals surface area contributed by atoms with Crippen LogP contribution in [0.3, 0.4) is 0 Å². The van der Waals surface area contributed by atoms with Crippen molar-refractivity contribution in [3.63, 3.8) is 0 Å². The van der Waals surface area contributed by atoms with Gasteiger partial charge in [-0.3, -0.25) is 4.79 Å². The summed E-state index contributed by atoms with van der Waals surface area (Å²) in [6, 6.07) is 5.64. The smallest absolute Gasteiger partial charge is 0.230 e. The SMILES string of the molecule is O=C(Cc1ccc2c(c1)OCCO2)Nc1nc2c(s1)CCCC2. The summed E-state index contributed by atoms with van der Waals surface area (Å²) in [4.78, 5) is 18.1. The highest BCUT2D eigenvalue weighted by Crippen LogP contribution is 2.32. The van der Waals surface area contributed by atoms with Gasteiger partial charge in [-0.15, -0.1) is 11.3 Å². The van der Waals surface area contributed by atoms with Crippen LogP contribution in [0.25, 0.3) is 0 Å². The highest BCUT2D eigenvalue weighted by molar-refractivity contribution is 7.15. The number of hydrogen-bond donors (Lipinski definition) is 1. The fourth-order valence-electron chi connectivity index (χ4n) is 2.95. The third-order valence-corrected chi connectivity index (χ3v) is 5.14. The van der Waals surface area contributed by atoms with Crippen molar-refractivity contribution in [1.82, 2.24) is 4.98 Å². The Kier molecular flexibility index (Phi) is 3.91. The van der Waals surface area contributed by atoms with Crippen LogP contribution in [0.15, 0.2) is 18.2 Å². The molecule has 0 atom stereocenters. The summed E-state index contributed by atoms with van der Waals surface area (Å²) in [5.41, 5.74) is 2.07. The van der Waals surface area contributed by atoms with E-state index < -0.39 is 0 Å². The molecule has 1 amide bonds. The fourth-order valence-corrected chi connectivity index (χ4v) is 4.02. The van der Waals surface area contributed by atoms with E-state index in [-0.39, 0.29) is 5.91 Å². The number of thiazole rings is 1. The lowest BCUT2D eigenvalue weighted by Crippen LogP contribution is -2.17. The second-order valence-electron chi connectivity index (χ2n) is 5.80. The van der Waals surface area contributed by atoms with Crippen molar-refractivity contribution in [2.75, 3.05) is 18.5 Å². The standard InChI is InChI=1S/C17H18N2O3S/c20-16(19-17-18-12-3-1-2-4-15(12)23-17)10-11-5-6-13-14(9-11)22-8-7-21-13/h5-6,9H,1-4,7-8,10H2,(H,18,19,20). The van der Waals surface area contributed by atoms with Gasteiger partial charge in [-0.25, -0.2) is 4.98 Å². The van der Waals surface area contributed by atoms with Crippen LogP contribution in [0.5, 0.6) is 11.5 Å². The van der Waals surface area contributed by atoms with Crippen molar-refractivity contribution in [3.05, 3.63) is 34.3 Å². The number of ether oxygens (including phenoxy) is 2. The first-order valence-electron chi connectivity index (χ1n) is 7.95. The van der Waals surface area contributed by atoms with Crippen LogP contribution in [-0.4, -0.2) is 24.1 Å².